The quantitative estimate of drug-likeness (QED) is 0.853. The summed E-state index contributed by atoms with van der Waals surface area (Å²) < 4.78 is 0. The highest BCUT2D eigenvalue weighted by Crippen LogP contribution is 2.30. The van der Waals surface area contributed by atoms with Crippen molar-refractivity contribution < 1.29 is 14.4 Å². The van der Waals surface area contributed by atoms with Crippen LogP contribution < -0.4 is 10.6 Å². The number of anilines is 1. The zero-order valence-electron chi connectivity index (χ0n) is 11.3. The number of fused-ring (bicyclic) bond motifs is 1. The van der Waals surface area contributed by atoms with E-state index in [0.717, 1.165) is 4.90 Å². The third-order valence-corrected chi connectivity index (χ3v) is 3.52. The van der Waals surface area contributed by atoms with E-state index >= 15 is 0 Å². The first-order valence-electron chi connectivity index (χ1n) is 6.39. The van der Waals surface area contributed by atoms with Crippen LogP contribution in [-0.4, -0.2) is 17.7 Å². The second-order valence-corrected chi connectivity index (χ2v) is 4.86. The number of imide groups is 1. The highest BCUT2D eigenvalue weighted by Gasteiger charge is 2.36. The summed E-state index contributed by atoms with van der Waals surface area (Å²) in [5.41, 5.74) is 7.45. The fraction of sp³-hybridized carbons (Fsp3) is 0.0625. The molecule has 0 aromatic heterocycles. The van der Waals surface area contributed by atoms with E-state index in [1.807, 2.05) is 0 Å². The molecule has 0 spiro atoms. The third-order valence-electron chi connectivity index (χ3n) is 3.52. The monoisotopic (exact) mass is 280 g/mol. The summed E-state index contributed by atoms with van der Waals surface area (Å²) in [6.45, 7) is 1.73. The number of aryl methyl sites for hydroxylation is 1. The molecule has 0 saturated heterocycles. The SMILES string of the molecule is Cc1cc(C(N)=O)ccc1N1C(=O)c2ccccc2C1=O. The van der Waals surface area contributed by atoms with Crippen LogP contribution in [-0.2, 0) is 0 Å². The van der Waals surface area contributed by atoms with Crippen LogP contribution in [0.1, 0.15) is 36.6 Å². The lowest BCUT2D eigenvalue weighted by molar-refractivity contribution is 0.0924. The van der Waals surface area contributed by atoms with Crippen molar-refractivity contribution in [2.45, 2.75) is 6.92 Å². The van der Waals surface area contributed by atoms with Gasteiger partial charge in [-0.3, -0.25) is 14.4 Å². The van der Waals surface area contributed by atoms with E-state index in [4.69, 9.17) is 5.73 Å². The van der Waals surface area contributed by atoms with Crippen LogP contribution in [0.3, 0.4) is 0 Å². The van der Waals surface area contributed by atoms with Crippen molar-refractivity contribution in [1.29, 1.82) is 0 Å². The minimum absolute atomic E-state index is 0.341. The van der Waals surface area contributed by atoms with E-state index in [1.165, 1.54) is 6.07 Å². The second-order valence-electron chi connectivity index (χ2n) is 4.86. The summed E-state index contributed by atoms with van der Waals surface area (Å²) in [5, 5.41) is 0. The van der Waals surface area contributed by atoms with Crippen LogP contribution in [0.15, 0.2) is 42.5 Å². The molecule has 1 aliphatic rings. The number of hydrogen-bond acceptors (Lipinski definition) is 3. The first-order chi connectivity index (χ1) is 10.0. The van der Waals surface area contributed by atoms with Crippen molar-refractivity contribution in [2.75, 3.05) is 4.90 Å². The number of benzene rings is 2. The van der Waals surface area contributed by atoms with Gasteiger partial charge in [0.2, 0.25) is 5.91 Å². The van der Waals surface area contributed by atoms with Gasteiger partial charge >= 0.3 is 0 Å². The summed E-state index contributed by atoms with van der Waals surface area (Å²) in [7, 11) is 0. The molecule has 0 atom stereocenters. The molecule has 2 aromatic carbocycles. The van der Waals surface area contributed by atoms with E-state index in [2.05, 4.69) is 0 Å². The molecule has 0 bridgehead atoms. The van der Waals surface area contributed by atoms with Gasteiger partial charge in [0.25, 0.3) is 11.8 Å². The molecule has 0 unspecified atom stereocenters. The van der Waals surface area contributed by atoms with Gasteiger partial charge in [-0.25, -0.2) is 4.90 Å². The van der Waals surface area contributed by atoms with E-state index in [9.17, 15) is 14.4 Å². The minimum atomic E-state index is -0.549. The van der Waals surface area contributed by atoms with Gasteiger partial charge in [0.15, 0.2) is 0 Å². The lowest BCUT2D eigenvalue weighted by atomic mass is 10.1. The highest BCUT2D eigenvalue weighted by molar-refractivity contribution is 6.34. The molecule has 104 valence electrons. The number of carbonyl (C=O) groups excluding carboxylic acids is 3. The number of nitrogens with two attached hydrogens (primary N) is 1. The van der Waals surface area contributed by atoms with Gasteiger partial charge in [0, 0.05) is 5.56 Å². The molecule has 21 heavy (non-hydrogen) atoms. The Labute approximate surface area is 121 Å². The van der Waals surface area contributed by atoms with Gasteiger partial charge < -0.3 is 5.73 Å². The molecule has 1 aliphatic heterocycles. The van der Waals surface area contributed by atoms with E-state index in [-0.39, 0.29) is 11.8 Å². The van der Waals surface area contributed by atoms with Gasteiger partial charge in [-0.15, -0.1) is 0 Å². The fourth-order valence-electron chi connectivity index (χ4n) is 2.47. The first-order valence-corrected chi connectivity index (χ1v) is 6.39. The van der Waals surface area contributed by atoms with Crippen molar-refractivity contribution in [3.63, 3.8) is 0 Å². The molecular weight excluding hydrogens is 268 g/mol. The summed E-state index contributed by atoms with van der Waals surface area (Å²) in [6, 6.07) is 11.3. The molecule has 0 radical (unpaired) electrons. The Morgan fingerprint density at radius 2 is 1.57 bits per heavy atom. The van der Waals surface area contributed by atoms with Gasteiger partial charge in [0.05, 0.1) is 16.8 Å². The predicted octanol–water partition coefficient (Wildman–Crippen LogP) is 1.89. The Balaban J connectivity index is 2.09. The fourth-order valence-corrected chi connectivity index (χ4v) is 2.47. The number of nitrogens with zero attached hydrogens (tertiary/aromatic N) is 1. The molecule has 2 aromatic rings. The molecule has 2 N–H and O–H groups in total. The number of hydrogen-bond donors (Lipinski definition) is 1. The van der Waals surface area contributed by atoms with Crippen LogP contribution in [0.2, 0.25) is 0 Å². The molecule has 5 heteroatoms. The average molecular weight is 280 g/mol. The van der Waals surface area contributed by atoms with E-state index in [0.29, 0.717) is 27.9 Å². The van der Waals surface area contributed by atoms with Crippen LogP contribution in [0.5, 0.6) is 0 Å². The van der Waals surface area contributed by atoms with Gasteiger partial charge in [-0.1, -0.05) is 12.1 Å². The van der Waals surface area contributed by atoms with Crippen molar-refractivity contribution in [2.24, 2.45) is 5.73 Å². The van der Waals surface area contributed by atoms with Gasteiger partial charge in [0.1, 0.15) is 0 Å². The van der Waals surface area contributed by atoms with Crippen LogP contribution >= 0.6 is 0 Å². The molecule has 1 heterocycles. The third kappa shape index (κ3) is 1.90. The van der Waals surface area contributed by atoms with Crippen molar-refractivity contribution in [3.05, 3.63) is 64.7 Å². The van der Waals surface area contributed by atoms with Crippen LogP contribution in [0.4, 0.5) is 5.69 Å². The van der Waals surface area contributed by atoms with E-state index < -0.39 is 5.91 Å². The largest absolute Gasteiger partial charge is 0.366 e. The Hall–Kier alpha value is -2.95. The Bertz CT molecular complexity index is 761. The number of rotatable bonds is 2. The van der Waals surface area contributed by atoms with Crippen molar-refractivity contribution in [3.8, 4) is 0 Å². The molecule has 3 amide bonds. The maximum atomic E-state index is 12.4. The Morgan fingerprint density at radius 1 is 1.00 bits per heavy atom. The lowest BCUT2D eigenvalue weighted by Crippen LogP contribution is -2.30. The maximum Gasteiger partial charge on any atom is 0.266 e. The van der Waals surface area contributed by atoms with Crippen molar-refractivity contribution >= 4 is 23.4 Å². The number of carbonyl (C=O) groups is 3. The standard InChI is InChI=1S/C16H12N2O3/c1-9-8-10(14(17)19)6-7-13(9)18-15(20)11-4-2-3-5-12(11)16(18)21/h2-8H,1H3,(H2,17,19). The predicted molar refractivity (Wildman–Crippen MR) is 77.3 cm³/mol. The van der Waals surface area contributed by atoms with Gasteiger partial charge in [-0.05, 0) is 42.8 Å². The van der Waals surface area contributed by atoms with E-state index in [1.54, 1.807) is 43.3 Å². The summed E-state index contributed by atoms with van der Waals surface area (Å²) in [5.74, 6) is -1.26. The molecule has 0 saturated carbocycles. The maximum absolute atomic E-state index is 12.4. The summed E-state index contributed by atoms with van der Waals surface area (Å²) >= 11 is 0. The minimum Gasteiger partial charge on any atom is -0.366 e. The Morgan fingerprint density at radius 3 is 2.05 bits per heavy atom. The molecule has 3 rings (SSSR count). The number of amides is 3. The average Bonchev–Trinajstić information content (AvgIpc) is 2.72. The molecule has 0 fully saturated rings. The summed E-state index contributed by atoms with van der Waals surface area (Å²) in [4.78, 5) is 37.1. The zero-order chi connectivity index (χ0) is 15.1. The number of primary amides is 1. The molecule has 0 aliphatic carbocycles. The molecular formula is C16H12N2O3. The smallest absolute Gasteiger partial charge is 0.266 e. The Kier molecular flexibility index (Phi) is 2.83. The normalized spacial score (nSPS) is 13.5. The van der Waals surface area contributed by atoms with Crippen LogP contribution in [0, 0.1) is 6.92 Å². The highest BCUT2D eigenvalue weighted by atomic mass is 16.2. The topological polar surface area (TPSA) is 80.5 Å². The zero-order valence-corrected chi connectivity index (χ0v) is 11.3. The van der Waals surface area contributed by atoms with Gasteiger partial charge in [-0.2, -0.15) is 0 Å². The summed E-state index contributed by atoms with van der Waals surface area (Å²) in [6.07, 6.45) is 0. The molecule has 5 nitrogen and oxygen atoms in total. The van der Waals surface area contributed by atoms with Crippen molar-refractivity contribution in [1.82, 2.24) is 0 Å². The second kappa shape index (κ2) is 4.56. The first kappa shape index (κ1) is 13.1. The van der Waals surface area contributed by atoms with Crippen LogP contribution in [0.25, 0.3) is 0 Å². The lowest BCUT2D eigenvalue weighted by Gasteiger charge is -2.17.